The van der Waals surface area contributed by atoms with E-state index in [1.54, 1.807) is 36.3 Å². The largest absolute Gasteiger partial charge is 0.497 e. The molecule has 29 heavy (non-hydrogen) atoms. The van der Waals surface area contributed by atoms with Gasteiger partial charge in [0.1, 0.15) is 5.75 Å². The van der Waals surface area contributed by atoms with Gasteiger partial charge in [-0.3, -0.25) is 4.79 Å². The van der Waals surface area contributed by atoms with Gasteiger partial charge < -0.3 is 19.1 Å². The van der Waals surface area contributed by atoms with Crippen molar-refractivity contribution in [2.45, 2.75) is 19.4 Å². The molecule has 0 atom stereocenters. The first-order chi connectivity index (χ1) is 14.1. The number of carbonyl (C=O) groups excluding carboxylic acids is 1. The Bertz CT molecular complexity index is 856. The molecule has 152 valence electrons. The molecular formula is C23H26N2O4. The Hall–Kier alpha value is -3.46. The van der Waals surface area contributed by atoms with Crippen LogP contribution in [0.25, 0.3) is 0 Å². The zero-order chi connectivity index (χ0) is 21.1. The summed E-state index contributed by atoms with van der Waals surface area (Å²) in [5, 5.41) is 8.95. The minimum Gasteiger partial charge on any atom is -0.497 e. The fourth-order valence-electron chi connectivity index (χ4n) is 2.78. The monoisotopic (exact) mass is 394 g/mol. The molecule has 6 heteroatoms. The van der Waals surface area contributed by atoms with Crippen molar-refractivity contribution in [2.24, 2.45) is 0 Å². The van der Waals surface area contributed by atoms with Crippen molar-refractivity contribution in [3.05, 3.63) is 66.2 Å². The molecule has 0 unspecified atom stereocenters. The van der Waals surface area contributed by atoms with Gasteiger partial charge in [0.05, 0.1) is 32.5 Å². The Morgan fingerprint density at radius 2 is 1.90 bits per heavy atom. The third kappa shape index (κ3) is 6.58. The highest BCUT2D eigenvalue weighted by Crippen LogP contribution is 2.28. The van der Waals surface area contributed by atoms with Crippen LogP contribution in [-0.4, -0.2) is 38.2 Å². The van der Waals surface area contributed by atoms with Crippen LogP contribution in [0.4, 0.5) is 0 Å². The number of rotatable bonds is 11. The number of carbonyl (C=O) groups is 1. The van der Waals surface area contributed by atoms with Crippen molar-refractivity contribution in [1.29, 1.82) is 5.26 Å². The van der Waals surface area contributed by atoms with E-state index in [9.17, 15) is 4.79 Å². The van der Waals surface area contributed by atoms with Gasteiger partial charge in [0.15, 0.2) is 11.5 Å². The van der Waals surface area contributed by atoms with Gasteiger partial charge in [0.2, 0.25) is 5.91 Å². The van der Waals surface area contributed by atoms with Crippen molar-refractivity contribution < 1.29 is 19.0 Å². The summed E-state index contributed by atoms with van der Waals surface area (Å²) in [6.07, 6.45) is 2.65. The fourth-order valence-corrected chi connectivity index (χ4v) is 2.78. The van der Waals surface area contributed by atoms with Gasteiger partial charge in [0, 0.05) is 25.6 Å². The van der Waals surface area contributed by atoms with E-state index < -0.39 is 0 Å². The summed E-state index contributed by atoms with van der Waals surface area (Å²) in [4.78, 5) is 14.4. The molecule has 0 fully saturated rings. The maximum Gasteiger partial charge on any atom is 0.223 e. The number of hydrogen-bond acceptors (Lipinski definition) is 5. The zero-order valence-electron chi connectivity index (χ0n) is 16.9. The van der Waals surface area contributed by atoms with E-state index in [4.69, 9.17) is 19.5 Å². The quantitative estimate of drug-likeness (QED) is 0.426. The van der Waals surface area contributed by atoms with Crippen LogP contribution >= 0.6 is 0 Å². The van der Waals surface area contributed by atoms with Crippen LogP contribution in [0.15, 0.2) is 55.1 Å². The van der Waals surface area contributed by atoms with Crippen LogP contribution < -0.4 is 14.2 Å². The second kappa shape index (κ2) is 11.4. The Balaban J connectivity index is 1.87. The highest BCUT2D eigenvalue weighted by atomic mass is 16.5. The summed E-state index contributed by atoms with van der Waals surface area (Å²) < 4.78 is 16.1. The first kappa shape index (κ1) is 21.8. The molecule has 0 bridgehead atoms. The van der Waals surface area contributed by atoms with E-state index >= 15 is 0 Å². The number of ether oxygens (including phenoxy) is 3. The molecule has 0 aliphatic rings. The van der Waals surface area contributed by atoms with E-state index in [-0.39, 0.29) is 5.91 Å². The van der Waals surface area contributed by atoms with Crippen LogP contribution in [0.3, 0.4) is 0 Å². The van der Waals surface area contributed by atoms with Gasteiger partial charge >= 0.3 is 0 Å². The minimum absolute atomic E-state index is 0.0381. The molecule has 2 rings (SSSR count). The lowest BCUT2D eigenvalue weighted by Gasteiger charge is -2.21. The highest BCUT2D eigenvalue weighted by molar-refractivity contribution is 5.76. The Kier molecular flexibility index (Phi) is 8.58. The van der Waals surface area contributed by atoms with E-state index in [1.807, 2.05) is 24.3 Å². The van der Waals surface area contributed by atoms with Crippen LogP contribution in [0.2, 0.25) is 0 Å². The average molecular weight is 394 g/mol. The van der Waals surface area contributed by atoms with E-state index in [2.05, 4.69) is 12.6 Å². The number of hydrogen-bond donors (Lipinski definition) is 0. The van der Waals surface area contributed by atoms with Crippen LogP contribution in [-0.2, 0) is 11.3 Å². The van der Waals surface area contributed by atoms with E-state index in [0.717, 1.165) is 11.3 Å². The second-order valence-electron chi connectivity index (χ2n) is 6.34. The van der Waals surface area contributed by atoms with Crippen LogP contribution in [0.5, 0.6) is 17.2 Å². The van der Waals surface area contributed by atoms with Gasteiger partial charge in [-0.1, -0.05) is 18.2 Å². The molecule has 0 saturated carbocycles. The smallest absolute Gasteiger partial charge is 0.223 e. The molecule has 0 heterocycles. The van der Waals surface area contributed by atoms with Gasteiger partial charge in [-0.05, 0) is 36.2 Å². The first-order valence-electron chi connectivity index (χ1n) is 9.33. The third-order valence-corrected chi connectivity index (χ3v) is 4.32. The average Bonchev–Trinajstić information content (AvgIpc) is 2.76. The van der Waals surface area contributed by atoms with Crippen molar-refractivity contribution in [1.82, 2.24) is 4.90 Å². The molecule has 0 N–H and O–H groups in total. The maximum atomic E-state index is 12.6. The van der Waals surface area contributed by atoms with Crippen LogP contribution in [0, 0.1) is 11.3 Å². The van der Waals surface area contributed by atoms with Crippen molar-refractivity contribution in [3.63, 3.8) is 0 Å². The van der Waals surface area contributed by atoms with Gasteiger partial charge in [-0.15, -0.1) is 6.58 Å². The molecule has 0 saturated heterocycles. The summed E-state index contributed by atoms with van der Waals surface area (Å²) in [6, 6.07) is 14.7. The number of nitriles is 1. The number of benzene rings is 2. The normalized spacial score (nSPS) is 9.97. The second-order valence-corrected chi connectivity index (χ2v) is 6.34. The minimum atomic E-state index is 0.0381. The van der Waals surface area contributed by atoms with E-state index in [1.165, 1.54) is 7.11 Å². The predicted molar refractivity (Wildman–Crippen MR) is 111 cm³/mol. The molecular weight excluding hydrogens is 368 g/mol. The lowest BCUT2D eigenvalue weighted by Crippen LogP contribution is -2.30. The van der Waals surface area contributed by atoms with Gasteiger partial charge in [0.25, 0.3) is 0 Å². The standard InChI is InChI=1S/C23H26N2O4/c1-4-13-25(17-18-7-10-20(27-2)11-8-18)23(26)6-5-14-29-21-12-9-19(16-24)15-22(21)28-3/h4,7-12,15H,1,5-6,13-14,17H2,2-3H3. The third-order valence-electron chi connectivity index (χ3n) is 4.32. The topological polar surface area (TPSA) is 71.8 Å². The molecule has 0 aliphatic heterocycles. The number of methoxy groups -OCH3 is 2. The van der Waals surface area contributed by atoms with Crippen molar-refractivity contribution in [3.8, 4) is 23.3 Å². The Labute approximate surface area is 171 Å². The lowest BCUT2D eigenvalue weighted by atomic mass is 10.2. The molecule has 6 nitrogen and oxygen atoms in total. The molecule has 2 aromatic rings. The lowest BCUT2D eigenvalue weighted by molar-refractivity contribution is -0.131. The van der Waals surface area contributed by atoms with E-state index in [0.29, 0.717) is 49.6 Å². The van der Waals surface area contributed by atoms with Crippen molar-refractivity contribution >= 4 is 5.91 Å². The van der Waals surface area contributed by atoms with Crippen LogP contribution in [0.1, 0.15) is 24.0 Å². The number of nitrogens with zero attached hydrogens (tertiary/aromatic N) is 2. The first-order valence-corrected chi connectivity index (χ1v) is 9.33. The molecule has 0 radical (unpaired) electrons. The fraction of sp³-hybridized carbons (Fsp3) is 0.304. The predicted octanol–water partition coefficient (Wildman–Crippen LogP) is 3.95. The number of amides is 1. The van der Waals surface area contributed by atoms with Crippen molar-refractivity contribution in [2.75, 3.05) is 27.4 Å². The summed E-state index contributed by atoms with van der Waals surface area (Å²) in [7, 11) is 3.15. The highest BCUT2D eigenvalue weighted by Gasteiger charge is 2.13. The molecule has 0 aliphatic carbocycles. The summed E-state index contributed by atoms with van der Waals surface area (Å²) in [5.74, 6) is 1.88. The van der Waals surface area contributed by atoms with Gasteiger partial charge in [-0.25, -0.2) is 0 Å². The molecule has 0 aromatic heterocycles. The maximum absolute atomic E-state index is 12.6. The van der Waals surface area contributed by atoms with Gasteiger partial charge in [-0.2, -0.15) is 5.26 Å². The molecule has 1 amide bonds. The zero-order valence-corrected chi connectivity index (χ0v) is 16.9. The molecule has 0 spiro atoms. The summed E-state index contributed by atoms with van der Waals surface area (Å²) >= 11 is 0. The summed E-state index contributed by atoms with van der Waals surface area (Å²) in [5.41, 5.74) is 1.53. The Morgan fingerprint density at radius 3 is 2.52 bits per heavy atom. The SMILES string of the molecule is C=CCN(Cc1ccc(OC)cc1)C(=O)CCCOc1ccc(C#N)cc1OC. The summed E-state index contributed by atoms with van der Waals surface area (Å²) in [6.45, 7) is 5.11. The Morgan fingerprint density at radius 1 is 1.14 bits per heavy atom. The molecule has 2 aromatic carbocycles.